The summed E-state index contributed by atoms with van der Waals surface area (Å²) in [5.41, 5.74) is 19.2. The average molecular weight is 288 g/mol. The highest BCUT2D eigenvalue weighted by molar-refractivity contribution is 5.75. The molecule has 0 radical (unpaired) electrons. The highest BCUT2D eigenvalue weighted by Crippen LogP contribution is 2.04. The second-order valence-corrected chi connectivity index (χ2v) is 5.12. The van der Waals surface area contributed by atoms with E-state index in [2.05, 4.69) is 5.48 Å². The topological polar surface area (TPSA) is 116 Å². The lowest BCUT2D eigenvalue weighted by molar-refractivity contribution is -0.152. The number of nitrogens with two attached hydrogens (primary N) is 3. The Balaban J connectivity index is 3.30. The predicted octanol–water partition coefficient (Wildman–Crippen LogP) is 0.790. The van der Waals surface area contributed by atoms with E-state index in [1.807, 2.05) is 0 Å². The van der Waals surface area contributed by atoms with Crippen LogP contribution in [0.2, 0.25) is 0 Å². The van der Waals surface area contributed by atoms with Gasteiger partial charge in [0.1, 0.15) is 6.04 Å². The Labute approximate surface area is 122 Å². The van der Waals surface area contributed by atoms with E-state index >= 15 is 0 Å². The van der Waals surface area contributed by atoms with Gasteiger partial charge in [0.05, 0.1) is 0 Å². The molecule has 0 amide bonds. The first-order valence-corrected chi connectivity index (χ1v) is 7.81. The third kappa shape index (κ3) is 12.3. The molecule has 1 atom stereocenters. The van der Waals surface area contributed by atoms with Crippen molar-refractivity contribution in [2.75, 3.05) is 19.6 Å². The Bertz CT molecular complexity index is 227. The van der Waals surface area contributed by atoms with Crippen molar-refractivity contribution in [3.05, 3.63) is 0 Å². The fourth-order valence-electron chi connectivity index (χ4n) is 1.87. The molecule has 0 rings (SSSR count). The predicted molar refractivity (Wildman–Crippen MR) is 81.7 cm³/mol. The van der Waals surface area contributed by atoms with Gasteiger partial charge in [-0.15, -0.1) is 0 Å². The van der Waals surface area contributed by atoms with Crippen molar-refractivity contribution in [2.24, 2.45) is 17.2 Å². The largest absolute Gasteiger partial charge is 0.369 e. The zero-order valence-corrected chi connectivity index (χ0v) is 12.6. The van der Waals surface area contributed by atoms with Gasteiger partial charge in [-0.1, -0.05) is 32.1 Å². The molecule has 0 aliphatic carbocycles. The maximum Gasteiger partial charge on any atom is 0.341 e. The third-order valence-electron chi connectivity index (χ3n) is 3.18. The Morgan fingerprint density at radius 3 is 2.10 bits per heavy atom. The molecule has 6 heteroatoms. The van der Waals surface area contributed by atoms with Crippen LogP contribution in [0.5, 0.6) is 0 Å². The zero-order valence-electron chi connectivity index (χ0n) is 12.6. The van der Waals surface area contributed by atoms with E-state index in [1.54, 1.807) is 0 Å². The van der Waals surface area contributed by atoms with Crippen molar-refractivity contribution in [3.8, 4) is 0 Å². The van der Waals surface area contributed by atoms with Gasteiger partial charge in [0.15, 0.2) is 0 Å². The van der Waals surface area contributed by atoms with Crippen LogP contribution in [0.3, 0.4) is 0 Å². The Morgan fingerprint density at radius 2 is 1.45 bits per heavy atom. The first-order chi connectivity index (χ1) is 9.72. The molecule has 0 aliphatic rings. The van der Waals surface area contributed by atoms with Crippen molar-refractivity contribution < 1.29 is 9.63 Å². The molecule has 6 nitrogen and oxygen atoms in total. The van der Waals surface area contributed by atoms with E-state index in [0.29, 0.717) is 19.5 Å². The Kier molecular flexibility index (Phi) is 14.2. The first-order valence-electron chi connectivity index (χ1n) is 7.81. The van der Waals surface area contributed by atoms with Crippen molar-refractivity contribution in [3.63, 3.8) is 0 Å². The summed E-state index contributed by atoms with van der Waals surface area (Å²) in [7, 11) is 0. The van der Waals surface area contributed by atoms with Crippen LogP contribution in [-0.2, 0) is 9.63 Å². The lowest BCUT2D eigenvalue weighted by atomic mass is 10.1. The molecule has 0 aromatic rings. The molecule has 1 unspecified atom stereocenters. The van der Waals surface area contributed by atoms with Gasteiger partial charge < -0.3 is 22.0 Å². The lowest BCUT2D eigenvalue weighted by Gasteiger charge is -2.11. The van der Waals surface area contributed by atoms with E-state index < -0.39 is 6.04 Å². The van der Waals surface area contributed by atoms with Crippen molar-refractivity contribution >= 4 is 5.97 Å². The van der Waals surface area contributed by atoms with Gasteiger partial charge in [0.2, 0.25) is 0 Å². The van der Waals surface area contributed by atoms with Crippen LogP contribution >= 0.6 is 0 Å². The quantitative estimate of drug-likeness (QED) is 0.277. The number of hydrogen-bond donors (Lipinski definition) is 4. The molecule has 0 saturated heterocycles. The van der Waals surface area contributed by atoms with Crippen LogP contribution < -0.4 is 22.7 Å². The van der Waals surface area contributed by atoms with Crippen molar-refractivity contribution in [1.29, 1.82) is 0 Å². The molecule has 0 heterocycles. The molecular weight excluding hydrogens is 256 g/mol. The van der Waals surface area contributed by atoms with E-state index in [0.717, 1.165) is 38.6 Å². The lowest BCUT2D eigenvalue weighted by Crippen LogP contribution is -2.36. The third-order valence-corrected chi connectivity index (χ3v) is 3.18. The summed E-state index contributed by atoms with van der Waals surface area (Å²) in [6.07, 6.45) is 9.24. The fraction of sp³-hybridized carbons (Fsp3) is 0.929. The molecule has 7 N–H and O–H groups in total. The maximum atomic E-state index is 11.5. The summed E-state index contributed by atoms with van der Waals surface area (Å²) in [5, 5.41) is 0. The van der Waals surface area contributed by atoms with Gasteiger partial charge in [-0.25, -0.2) is 4.79 Å². The monoisotopic (exact) mass is 288 g/mol. The molecular formula is C14H32N4O2. The van der Waals surface area contributed by atoms with Gasteiger partial charge in [0, 0.05) is 6.54 Å². The van der Waals surface area contributed by atoms with E-state index in [-0.39, 0.29) is 5.97 Å². The van der Waals surface area contributed by atoms with E-state index in [4.69, 9.17) is 22.0 Å². The number of carbonyl (C=O) groups excluding carboxylic acids is 1. The van der Waals surface area contributed by atoms with Gasteiger partial charge in [-0.3, -0.25) is 0 Å². The van der Waals surface area contributed by atoms with Gasteiger partial charge in [-0.2, -0.15) is 5.48 Å². The van der Waals surface area contributed by atoms with E-state index in [1.165, 1.54) is 19.3 Å². The number of unbranched alkanes of at least 4 members (excludes halogenated alkanes) is 6. The number of hydroxylamine groups is 1. The SMILES string of the molecule is NCCCCCCCCNOC(=O)C(N)CCCCN. The van der Waals surface area contributed by atoms with Crippen LogP contribution in [0.4, 0.5) is 0 Å². The van der Waals surface area contributed by atoms with Gasteiger partial charge >= 0.3 is 5.97 Å². The number of hydrogen-bond acceptors (Lipinski definition) is 6. The summed E-state index contributed by atoms with van der Waals surface area (Å²) in [5.74, 6) is -0.384. The number of rotatable bonds is 14. The normalized spacial score (nSPS) is 12.3. The van der Waals surface area contributed by atoms with Crippen LogP contribution in [0.15, 0.2) is 0 Å². The first kappa shape index (κ1) is 19.3. The smallest absolute Gasteiger partial charge is 0.341 e. The summed E-state index contributed by atoms with van der Waals surface area (Å²) < 4.78 is 0. The highest BCUT2D eigenvalue weighted by Gasteiger charge is 2.14. The highest BCUT2D eigenvalue weighted by atomic mass is 16.7. The van der Waals surface area contributed by atoms with Crippen LogP contribution in [-0.4, -0.2) is 31.6 Å². The van der Waals surface area contributed by atoms with Gasteiger partial charge in [0.25, 0.3) is 0 Å². The standard InChI is InChI=1S/C14H32N4O2/c15-10-6-3-1-2-4-8-12-18-20-14(19)13(17)9-5-7-11-16/h13,18H,1-12,15-17H2. The Hall–Kier alpha value is -0.690. The molecule has 0 aliphatic heterocycles. The van der Waals surface area contributed by atoms with Crippen molar-refractivity contribution in [1.82, 2.24) is 5.48 Å². The molecule has 0 spiro atoms. The molecule has 0 bridgehead atoms. The second-order valence-electron chi connectivity index (χ2n) is 5.12. The zero-order chi connectivity index (χ0) is 15.1. The summed E-state index contributed by atoms with van der Waals surface area (Å²) in [4.78, 5) is 16.4. The minimum absolute atomic E-state index is 0.384. The summed E-state index contributed by atoms with van der Waals surface area (Å²) in [6.45, 7) is 2.09. The van der Waals surface area contributed by atoms with Crippen LogP contribution in [0, 0.1) is 0 Å². The van der Waals surface area contributed by atoms with Crippen LogP contribution in [0.25, 0.3) is 0 Å². The molecule has 120 valence electrons. The van der Waals surface area contributed by atoms with Crippen LogP contribution in [0.1, 0.15) is 57.8 Å². The van der Waals surface area contributed by atoms with Crippen molar-refractivity contribution in [2.45, 2.75) is 63.8 Å². The fourth-order valence-corrected chi connectivity index (χ4v) is 1.87. The minimum atomic E-state index is -0.551. The summed E-state index contributed by atoms with van der Waals surface area (Å²) in [6, 6.07) is -0.551. The molecule has 20 heavy (non-hydrogen) atoms. The maximum absolute atomic E-state index is 11.5. The Morgan fingerprint density at radius 1 is 0.900 bits per heavy atom. The number of carbonyl (C=O) groups is 1. The minimum Gasteiger partial charge on any atom is -0.369 e. The second kappa shape index (κ2) is 14.7. The molecule has 0 saturated carbocycles. The van der Waals surface area contributed by atoms with E-state index in [9.17, 15) is 4.79 Å². The molecule has 0 aromatic heterocycles. The molecule has 0 aromatic carbocycles. The van der Waals surface area contributed by atoms with Gasteiger partial charge in [-0.05, 0) is 38.8 Å². The average Bonchev–Trinajstić information content (AvgIpc) is 2.45. The summed E-state index contributed by atoms with van der Waals surface area (Å²) >= 11 is 0. The molecule has 0 fully saturated rings. The number of nitrogens with one attached hydrogen (secondary N) is 1.